The molecule has 0 radical (unpaired) electrons. The van der Waals surface area contributed by atoms with Crippen molar-refractivity contribution in [1.29, 1.82) is 0 Å². The molecule has 90 valence electrons. The Kier molecular flexibility index (Phi) is 3.99. The first kappa shape index (κ1) is 13.1. The minimum atomic E-state index is -0.826. The summed E-state index contributed by atoms with van der Waals surface area (Å²) in [5.41, 5.74) is 5.59. The molecule has 0 heterocycles. The third-order valence-electron chi connectivity index (χ3n) is 2.51. The summed E-state index contributed by atoms with van der Waals surface area (Å²) in [4.78, 5) is 0. The van der Waals surface area contributed by atoms with Crippen molar-refractivity contribution in [3.05, 3.63) is 23.0 Å². The van der Waals surface area contributed by atoms with E-state index in [4.69, 9.17) is 17.3 Å². The molecule has 0 saturated carbocycles. The summed E-state index contributed by atoms with van der Waals surface area (Å²) >= 11 is 5.64. The Morgan fingerprint density at radius 3 is 2.75 bits per heavy atom. The number of hydrogen-bond acceptors (Lipinski definition) is 3. The van der Waals surface area contributed by atoms with Crippen LogP contribution in [0.2, 0.25) is 5.02 Å². The fraction of sp³-hybridized carbons (Fsp3) is 0.455. The number of nitrogens with one attached hydrogen (secondary N) is 1. The summed E-state index contributed by atoms with van der Waals surface area (Å²) in [5.74, 6) is -0.549. The lowest BCUT2D eigenvalue weighted by atomic mass is 10.0. The average molecular weight is 247 g/mol. The second-order valence-electron chi connectivity index (χ2n) is 4.06. The molecule has 1 atom stereocenters. The van der Waals surface area contributed by atoms with Crippen molar-refractivity contribution in [3.8, 4) is 0 Å². The summed E-state index contributed by atoms with van der Waals surface area (Å²) in [6, 6.07) is 2.57. The van der Waals surface area contributed by atoms with E-state index in [0.29, 0.717) is 18.7 Å². The molecule has 0 aromatic heterocycles. The Balaban J connectivity index is 2.79. The van der Waals surface area contributed by atoms with E-state index in [9.17, 15) is 9.50 Å². The molecule has 3 nitrogen and oxygen atoms in total. The van der Waals surface area contributed by atoms with E-state index in [1.807, 2.05) is 6.92 Å². The molecule has 1 rings (SSSR count). The molecule has 1 aromatic rings. The Bertz CT molecular complexity index is 382. The molecule has 4 N–H and O–H groups in total. The highest BCUT2D eigenvalue weighted by molar-refractivity contribution is 6.31. The summed E-state index contributed by atoms with van der Waals surface area (Å²) < 4.78 is 13.0. The molecule has 0 aliphatic rings. The quantitative estimate of drug-likeness (QED) is 0.716. The van der Waals surface area contributed by atoms with Crippen molar-refractivity contribution >= 4 is 23.0 Å². The zero-order valence-electron chi connectivity index (χ0n) is 9.35. The number of rotatable bonds is 4. The Morgan fingerprint density at radius 2 is 2.19 bits per heavy atom. The van der Waals surface area contributed by atoms with Crippen molar-refractivity contribution in [1.82, 2.24) is 0 Å². The minimum absolute atomic E-state index is 0.00726. The van der Waals surface area contributed by atoms with E-state index in [-0.39, 0.29) is 10.7 Å². The zero-order chi connectivity index (χ0) is 12.3. The molecule has 1 aromatic carbocycles. The predicted molar refractivity (Wildman–Crippen MR) is 65.2 cm³/mol. The van der Waals surface area contributed by atoms with Gasteiger partial charge in [-0.2, -0.15) is 0 Å². The van der Waals surface area contributed by atoms with Crippen LogP contribution in [0, 0.1) is 5.82 Å². The van der Waals surface area contributed by atoms with Gasteiger partial charge in [0, 0.05) is 12.6 Å². The Hall–Kier alpha value is -1.00. The predicted octanol–water partition coefficient (Wildman–Crippen LogP) is 2.63. The van der Waals surface area contributed by atoms with Crippen molar-refractivity contribution in [2.24, 2.45) is 0 Å². The van der Waals surface area contributed by atoms with E-state index in [1.165, 1.54) is 6.07 Å². The van der Waals surface area contributed by atoms with Crippen LogP contribution in [0.15, 0.2) is 12.1 Å². The van der Waals surface area contributed by atoms with E-state index >= 15 is 0 Å². The molecule has 0 aliphatic carbocycles. The van der Waals surface area contributed by atoms with Gasteiger partial charge in [-0.15, -0.1) is 0 Å². The smallest absolute Gasteiger partial charge is 0.143 e. The average Bonchev–Trinajstić information content (AvgIpc) is 2.22. The molecule has 0 spiro atoms. The fourth-order valence-electron chi connectivity index (χ4n) is 1.13. The largest absolute Gasteiger partial charge is 0.397 e. The van der Waals surface area contributed by atoms with Crippen LogP contribution in [0.1, 0.15) is 20.3 Å². The zero-order valence-corrected chi connectivity index (χ0v) is 10.1. The fourth-order valence-corrected chi connectivity index (χ4v) is 1.29. The van der Waals surface area contributed by atoms with E-state index in [2.05, 4.69) is 5.32 Å². The summed E-state index contributed by atoms with van der Waals surface area (Å²) in [7, 11) is 0. The van der Waals surface area contributed by atoms with E-state index in [0.717, 1.165) is 6.07 Å². The van der Waals surface area contributed by atoms with Gasteiger partial charge in [0.1, 0.15) is 5.82 Å². The minimum Gasteiger partial charge on any atom is -0.397 e. The van der Waals surface area contributed by atoms with E-state index in [1.54, 1.807) is 6.92 Å². The highest BCUT2D eigenvalue weighted by Crippen LogP contribution is 2.26. The molecule has 0 fully saturated rings. The van der Waals surface area contributed by atoms with Gasteiger partial charge in [0.15, 0.2) is 0 Å². The maximum atomic E-state index is 13.0. The second kappa shape index (κ2) is 4.89. The van der Waals surface area contributed by atoms with Crippen molar-refractivity contribution < 1.29 is 9.50 Å². The molecule has 0 bridgehead atoms. The van der Waals surface area contributed by atoms with Gasteiger partial charge in [-0.05, 0) is 19.4 Å². The molecular weight excluding hydrogens is 231 g/mol. The number of anilines is 2. The Morgan fingerprint density at radius 1 is 1.56 bits per heavy atom. The number of nitrogen functional groups attached to an aromatic ring is 1. The maximum Gasteiger partial charge on any atom is 0.143 e. The van der Waals surface area contributed by atoms with Crippen LogP contribution in [0.4, 0.5) is 15.8 Å². The molecule has 0 amide bonds. The maximum absolute atomic E-state index is 13.0. The van der Waals surface area contributed by atoms with Gasteiger partial charge >= 0.3 is 0 Å². The number of aliphatic hydroxyl groups is 1. The lowest BCUT2D eigenvalue weighted by Gasteiger charge is -2.23. The van der Waals surface area contributed by atoms with Crippen molar-refractivity contribution in [2.45, 2.75) is 25.9 Å². The monoisotopic (exact) mass is 246 g/mol. The lowest BCUT2D eigenvalue weighted by Crippen LogP contribution is -2.32. The first-order chi connectivity index (χ1) is 7.35. The van der Waals surface area contributed by atoms with Crippen LogP contribution in [0.25, 0.3) is 0 Å². The van der Waals surface area contributed by atoms with Crippen molar-refractivity contribution in [2.75, 3.05) is 17.6 Å². The van der Waals surface area contributed by atoms with Crippen LogP contribution >= 0.6 is 11.6 Å². The van der Waals surface area contributed by atoms with Gasteiger partial charge in [0.05, 0.1) is 22.0 Å². The van der Waals surface area contributed by atoms with Gasteiger partial charge in [-0.1, -0.05) is 18.5 Å². The van der Waals surface area contributed by atoms with Crippen molar-refractivity contribution in [3.63, 3.8) is 0 Å². The van der Waals surface area contributed by atoms with Crippen LogP contribution in [-0.2, 0) is 0 Å². The Labute approximate surface area is 99.4 Å². The molecule has 0 saturated heterocycles. The lowest BCUT2D eigenvalue weighted by molar-refractivity contribution is 0.0697. The van der Waals surface area contributed by atoms with Gasteiger partial charge in [-0.25, -0.2) is 4.39 Å². The molecule has 0 aliphatic heterocycles. The molecule has 5 heteroatoms. The molecular formula is C11H16ClFN2O. The van der Waals surface area contributed by atoms with Crippen LogP contribution in [0.5, 0.6) is 0 Å². The second-order valence-corrected chi connectivity index (χ2v) is 4.46. The SMILES string of the molecule is CCC(C)(O)CNc1cc(Cl)c(F)cc1N. The van der Waals surface area contributed by atoms with Gasteiger partial charge < -0.3 is 16.2 Å². The standard InChI is InChI=1S/C11H16ClFN2O/c1-3-11(2,16)6-15-10-4-7(12)8(13)5-9(10)14/h4-5,15-16H,3,6,14H2,1-2H3. The van der Waals surface area contributed by atoms with Crippen LogP contribution in [0.3, 0.4) is 0 Å². The number of benzene rings is 1. The van der Waals surface area contributed by atoms with Gasteiger partial charge in [-0.3, -0.25) is 0 Å². The highest BCUT2D eigenvalue weighted by Gasteiger charge is 2.17. The van der Waals surface area contributed by atoms with Crippen LogP contribution in [-0.4, -0.2) is 17.3 Å². The summed E-state index contributed by atoms with van der Waals surface area (Å²) in [6.45, 7) is 3.92. The number of hydrogen-bond donors (Lipinski definition) is 3. The first-order valence-corrected chi connectivity index (χ1v) is 5.44. The first-order valence-electron chi connectivity index (χ1n) is 5.06. The normalized spacial score (nSPS) is 14.6. The van der Waals surface area contributed by atoms with Gasteiger partial charge in [0.2, 0.25) is 0 Å². The number of nitrogens with two attached hydrogens (primary N) is 1. The summed E-state index contributed by atoms with van der Waals surface area (Å²) in [5, 5.41) is 12.7. The molecule has 16 heavy (non-hydrogen) atoms. The highest BCUT2D eigenvalue weighted by atomic mass is 35.5. The topological polar surface area (TPSA) is 58.3 Å². The van der Waals surface area contributed by atoms with E-state index < -0.39 is 11.4 Å². The number of halogens is 2. The third kappa shape index (κ3) is 3.25. The molecule has 1 unspecified atom stereocenters. The van der Waals surface area contributed by atoms with Gasteiger partial charge in [0.25, 0.3) is 0 Å². The summed E-state index contributed by atoms with van der Waals surface area (Å²) in [6.07, 6.45) is 0.606. The third-order valence-corrected chi connectivity index (χ3v) is 2.80. The van der Waals surface area contributed by atoms with Crippen LogP contribution < -0.4 is 11.1 Å².